The van der Waals surface area contributed by atoms with Crippen LogP contribution in [0.2, 0.25) is 0 Å². The van der Waals surface area contributed by atoms with Crippen LogP contribution < -0.4 is 32.9 Å². The van der Waals surface area contributed by atoms with Crippen LogP contribution in [0.1, 0.15) is 40.0 Å². The van der Waals surface area contributed by atoms with E-state index in [0.29, 0.717) is 19.4 Å². The summed E-state index contributed by atoms with van der Waals surface area (Å²) < 4.78 is 11.3. The van der Waals surface area contributed by atoms with Gasteiger partial charge in [0.2, 0.25) is 0 Å². The molecule has 0 aromatic carbocycles. The van der Waals surface area contributed by atoms with Crippen molar-refractivity contribution >= 4 is 20.5 Å². The number of amides is 2. The number of hydrogen-bond acceptors (Lipinski definition) is 8. The molecule has 0 aromatic rings. The van der Waals surface area contributed by atoms with Crippen molar-refractivity contribution in [2.75, 3.05) is 13.2 Å². The largest absolute Gasteiger partial charge is 0.391 e. The fraction of sp³-hybridized carbons (Fsp3) is 0.750. The van der Waals surface area contributed by atoms with Gasteiger partial charge in [0.05, 0.1) is 12.7 Å². The molecule has 27 heavy (non-hydrogen) atoms. The van der Waals surface area contributed by atoms with Gasteiger partial charge >= 0.3 is 0 Å². The molecule has 1 aliphatic heterocycles. The minimum Gasteiger partial charge on any atom is -0.391 e. The summed E-state index contributed by atoms with van der Waals surface area (Å²) >= 11 is 0. The monoisotopic (exact) mass is 404 g/mol. The van der Waals surface area contributed by atoms with E-state index in [0.717, 1.165) is 6.42 Å². The second kappa shape index (κ2) is 12.0. The van der Waals surface area contributed by atoms with Crippen LogP contribution in [0.15, 0.2) is 11.5 Å². The van der Waals surface area contributed by atoms with Crippen LogP contribution in [-0.2, 0) is 19.1 Å². The standard InChI is InChI=1S/C16H33N6O4P/c1-4-7-20-13(18)12(17)15(24)21-11-6-5-10(26-11)8-25-16(14(19)23)27-22-9(2)3/h9-11,16,20,22,27H,4-8,17-18H2,1-3H3,(H2,19,23)(H,21,24)/b13-12-. The molecule has 0 bridgehead atoms. The zero-order valence-corrected chi connectivity index (χ0v) is 17.2. The lowest BCUT2D eigenvalue weighted by Crippen LogP contribution is -2.41. The van der Waals surface area contributed by atoms with Crippen molar-refractivity contribution in [1.29, 1.82) is 0 Å². The quantitative estimate of drug-likeness (QED) is 0.180. The molecule has 4 unspecified atom stereocenters. The Hall–Kier alpha value is -1.61. The summed E-state index contributed by atoms with van der Waals surface area (Å²) in [7, 11) is 0.0745. The molecule has 156 valence electrons. The van der Waals surface area contributed by atoms with Crippen molar-refractivity contribution in [3.63, 3.8) is 0 Å². The van der Waals surface area contributed by atoms with Gasteiger partial charge < -0.3 is 37.3 Å². The van der Waals surface area contributed by atoms with Crippen molar-refractivity contribution in [2.24, 2.45) is 17.2 Å². The van der Waals surface area contributed by atoms with Crippen molar-refractivity contribution in [3.8, 4) is 0 Å². The van der Waals surface area contributed by atoms with Crippen LogP contribution in [0, 0.1) is 0 Å². The Morgan fingerprint density at radius 3 is 2.56 bits per heavy atom. The summed E-state index contributed by atoms with van der Waals surface area (Å²) in [4.78, 5) is 23.6. The highest BCUT2D eigenvalue weighted by Gasteiger charge is 2.29. The SMILES string of the molecule is CCCN/C(N)=C(\N)C(=O)NC1CCC(COC(PNC(C)C)C(N)=O)O1. The molecule has 2 amide bonds. The summed E-state index contributed by atoms with van der Waals surface area (Å²) in [6.45, 7) is 6.78. The highest BCUT2D eigenvalue weighted by Crippen LogP contribution is 2.22. The molecule has 0 aromatic heterocycles. The van der Waals surface area contributed by atoms with E-state index in [9.17, 15) is 9.59 Å². The molecule has 0 aliphatic carbocycles. The lowest BCUT2D eigenvalue weighted by Gasteiger charge is -2.20. The molecule has 1 aliphatic rings. The van der Waals surface area contributed by atoms with E-state index in [1.807, 2.05) is 20.8 Å². The number of ether oxygens (including phenoxy) is 2. The zero-order valence-electron chi connectivity index (χ0n) is 16.2. The summed E-state index contributed by atoms with van der Waals surface area (Å²) in [6.07, 6.45) is 1.45. The fourth-order valence-electron chi connectivity index (χ4n) is 2.28. The van der Waals surface area contributed by atoms with Crippen LogP contribution in [0.5, 0.6) is 0 Å². The number of rotatable bonds is 12. The maximum absolute atomic E-state index is 12.1. The highest BCUT2D eigenvalue weighted by molar-refractivity contribution is 7.37. The summed E-state index contributed by atoms with van der Waals surface area (Å²) in [5, 5.41) is 8.71. The van der Waals surface area contributed by atoms with E-state index in [4.69, 9.17) is 26.7 Å². The average Bonchev–Trinajstić information content (AvgIpc) is 3.05. The first kappa shape index (κ1) is 23.4. The first-order valence-electron chi connectivity index (χ1n) is 9.11. The summed E-state index contributed by atoms with van der Waals surface area (Å²) in [5.41, 5.74) is 16.8. The fourth-order valence-corrected chi connectivity index (χ4v) is 3.08. The average molecular weight is 404 g/mol. The Labute approximate surface area is 162 Å². The zero-order chi connectivity index (χ0) is 20.4. The van der Waals surface area contributed by atoms with Gasteiger partial charge in [0.25, 0.3) is 11.8 Å². The third kappa shape index (κ3) is 8.75. The Balaban J connectivity index is 2.42. The molecule has 1 saturated heterocycles. The van der Waals surface area contributed by atoms with Gasteiger partial charge in [-0.3, -0.25) is 14.7 Å². The lowest BCUT2D eigenvalue weighted by molar-refractivity contribution is -0.127. The topological polar surface area (TPSA) is 167 Å². The third-order valence-corrected chi connectivity index (χ3v) is 5.17. The van der Waals surface area contributed by atoms with Crippen molar-refractivity contribution in [1.82, 2.24) is 15.7 Å². The number of primary amides is 1. The highest BCUT2D eigenvalue weighted by atomic mass is 31.1. The van der Waals surface area contributed by atoms with Crippen LogP contribution in [0.25, 0.3) is 0 Å². The summed E-state index contributed by atoms with van der Waals surface area (Å²) in [6, 6.07) is 0.230. The predicted octanol–water partition coefficient (Wildman–Crippen LogP) is -0.887. The second-order valence-electron chi connectivity index (χ2n) is 6.61. The van der Waals surface area contributed by atoms with E-state index in [1.165, 1.54) is 0 Å². The van der Waals surface area contributed by atoms with E-state index >= 15 is 0 Å². The maximum atomic E-state index is 12.1. The Kier molecular flexibility index (Phi) is 10.4. The molecule has 10 nitrogen and oxygen atoms in total. The van der Waals surface area contributed by atoms with E-state index < -0.39 is 23.9 Å². The predicted molar refractivity (Wildman–Crippen MR) is 105 cm³/mol. The molecule has 4 atom stereocenters. The van der Waals surface area contributed by atoms with Crippen LogP contribution in [0.4, 0.5) is 0 Å². The van der Waals surface area contributed by atoms with Gasteiger partial charge in [-0.05, 0) is 41.8 Å². The molecule has 0 radical (unpaired) electrons. The molecule has 11 heteroatoms. The van der Waals surface area contributed by atoms with Gasteiger partial charge in [-0.1, -0.05) is 6.92 Å². The van der Waals surface area contributed by atoms with Gasteiger partial charge in [-0.25, -0.2) is 0 Å². The first-order valence-corrected chi connectivity index (χ1v) is 10.2. The molecular weight excluding hydrogens is 371 g/mol. The van der Waals surface area contributed by atoms with Crippen LogP contribution in [-0.4, -0.2) is 49.2 Å². The number of nitrogens with two attached hydrogens (primary N) is 3. The lowest BCUT2D eigenvalue weighted by atomic mass is 10.2. The molecule has 9 N–H and O–H groups in total. The maximum Gasteiger partial charge on any atom is 0.272 e. The van der Waals surface area contributed by atoms with E-state index in [2.05, 4.69) is 15.7 Å². The minimum atomic E-state index is -0.701. The van der Waals surface area contributed by atoms with Gasteiger partial charge in [0.1, 0.15) is 17.7 Å². The van der Waals surface area contributed by atoms with Crippen LogP contribution in [0.3, 0.4) is 0 Å². The molecule has 0 spiro atoms. The minimum absolute atomic E-state index is 0.0681. The van der Waals surface area contributed by atoms with E-state index in [-0.39, 0.29) is 39.0 Å². The normalized spacial score (nSPS) is 22.1. The Morgan fingerprint density at radius 2 is 1.96 bits per heavy atom. The van der Waals surface area contributed by atoms with Crippen molar-refractivity contribution in [3.05, 3.63) is 11.5 Å². The molecule has 1 fully saturated rings. The molecule has 1 heterocycles. The molecule has 1 rings (SSSR count). The Morgan fingerprint density at radius 1 is 1.26 bits per heavy atom. The summed E-state index contributed by atoms with van der Waals surface area (Å²) in [5.74, 6) is -1.56. The molecular formula is C16H33N6O4P. The number of hydrogen-bond donors (Lipinski definition) is 6. The molecule has 0 saturated carbocycles. The smallest absolute Gasteiger partial charge is 0.272 e. The number of nitrogens with one attached hydrogen (secondary N) is 3. The van der Waals surface area contributed by atoms with Gasteiger partial charge in [0.15, 0.2) is 5.85 Å². The van der Waals surface area contributed by atoms with Gasteiger partial charge in [0, 0.05) is 12.6 Å². The number of carbonyl (C=O) groups excluding carboxylic acids is 2. The van der Waals surface area contributed by atoms with Crippen LogP contribution >= 0.6 is 8.73 Å². The second-order valence-corrected chi connectivity index (χ2v) is 7.71. The van der Waals surface area contributed by atoms with Gasteiger partial charge in [-0.15, -0.1) is 0 Å². The van der Waals surface area contributed by atoms with Crippen molar-refractivity contribution < 1.29 is 19.1 Å². The Bertz CT molecular complexity index is 531. The number of carbonyl (C=O) groups is 2. The van der Waals surface area contributed by atoms with E-state index in [1.54, 1.807) is 0 Å². The van der Waals surface area contributed by atoms with Crippen molar-refractivity contribution in [2.45, 2.75) is 64.3 Å². The van der Waals surface area contributed by atoms with Gasteiger partial charge in [-0.2, -0.15) is 0 Å². The third-order valence-electron chi connectivity index (χ3n) is 3.71. The first-order chi connectivity index (χ1) is 12.7.